The zero-order chi connectivity index (χ0) is 16.3. The van der Waals surface area contributed by atoms with E-state index < -0.39 is 24.0 Å². The number of likely N-dealkylation sites (tertiary alicyclic amines) is 1. The van der Waals surface area contributed by atoms with Crippen molar-refractivity contribution in [2.24, 2.45) is 5.41 Å². The molecule has 6 heteroatoms. The predicted molar refractivity (Wildman–Crippen MR) is 82.3 cm³/mol. The average Bonchev–Trinajstić information content (AvgIpc) is 2.57. The minimum atomic E-state index is -2.86. The third kappa shape index (κ3) is 3.32. The van der Waals surface area contributed by atoms with Crippen LogP contribution in [-0.2, 0) is 11.3 Å². The molecule has 0 unspecified atom stereocenters. The molecule has 1 amide bonds. The number of rotatable bonds is 2. The van der Waals surface area contributed by atoms with Gasteiger partial charge in [-0.2, -0.15) is 0 Å². The van der Waals surface area contributed by atoms with Crippen LogP contribution >= 0.6 is 0 Å². The van der Waals surface area contributed by atoms with E-state index in [4.69, 9.17) is 4.74 Å². The van der Waals surface area contributed by atoms with Gasteiger partial charge >= 0.3 is 6.09 Å². The third-order valence-corrected chi connectivity index (χ3v) is 5.05. The molecule has 0 radical (unpaired) electrons. The Kier molecular flexibility index (Phi) is 4.53. The Bertz CT molecular complexity index is 545. The van der Waals surface area contributed by atoms with Gasteiger partial charge in [0.15, 0.2) is 0 Å². The lowest BCUT2D eigenvalue weighted by Crippen LogP contribution is -2.59. The van der Waals surface area contributed by atoms with Crippen molar-refractivity contribution in [3.05, 3.63) is 35.9 Å². The molecule has 1 aromatic carbocycles. The molecule has 3 rings (SSSR count). The van der Waals surface area contributed by atoms with Gasteiger partial charge in [-0.1, -0.05) is 30.3 Å². The van der Waals surface area contributed by atoms with E-state index in [-0.39, 0.29) is 6.61 Å². The molecule has 126 valence electrons. The molecule has 0 bridgehead atoms. The first kappa shape index (κ1) is 16.2. The summed E-state index contributed by atoms with van der Waals surface area (Å²) in [5.41, 5.74) is -0.117. The number of benzene rings is 1. The predicted octanol–water partition coefficient (Wildman–Crippen LogP) is 3.03. The summed E-state index contributed by atoms with van der Waals surface area (Å²) < 4.78 is 34.5. The third-order valence-electron chi connectivity index (χ3n) is 5.05. The number of carbonyl (C=O) groups excluding carboxylic acids is 1. The lowest BCUT2D eigenvalue weighted by atomic mass is 9.69. The van der Waals surface area contributed by atoms with E-state index in [9.17, 15) is 13.6 Å². The maximum absolute atomic E-state index is 14.6. The van der Waals surface area contributed by atoms with Crippen molar-refractivity contribution < 1.29 is 18.3 Å². The molecule has 2 aliphatic heterocycles. The molecule has 1 N–H and O–H groups in total. The standard InChI is InChI=1S/C17H22F2N2O2/c18-17(19)13-21(11-8-16(17)6-9-20-10-7-16)15(22)23-12-14-4-2-1-3-5-14/h1-5,20H,6-13H2. The van der Waals surface area contributed by atoms with Crippen LogP contribution in [0.3, 0.4) is 0 Å². The fraction of sp³-hybridized carbons (Fsp3) is 0.588. The zero-order valence-corrected chi connectivity index (χ0v) is 13.1. The highest BCUT2D eigenvalue weighted by molar-refractivity contribution is 5.68. The second-order valence-corrected chi connectivity index (χ2v) is 6.45. The second-order valence-electron chi connectivity index (χ2n) is 6.45. The summed E-state index contributed by atoms with van der Waals surface area (Å²) in [6.45, 7) is 1.14. The molecule has 2 fully saturated rings. The quantitative estimate of drug-likeness (QED) is 0.909. The monoisotopic (exact) mass is 324 g/mol. The molecule has 23 heavy (non-hydrogen) atoms. The van der Waals surface area contributed by atoms with Gasteiger partial charge in [-0.05, 0) is 37.9 Å². The average molecular weight is 324 g/mol. The fourth-order valence-corrected chi connectivity index (χ4v) is 3.51. The highest BCUT2D eigenvalue weighted by Crippen LogP contribution is 2.49. The molecule has 0 aromatic heterocycles. The van der Waals surface area contributed by atoms with Crippen LogP contribution in [0.5, 0.6) is 0 Å². The van der Waals surface area contributed by atoms with Crippen molar-refractivity contribution in [3.8, 4) is 0 Å². The second kappa shape index (κ2) is 6.43. The maximum Gasteiger partial charge on any atom is 0.410 e. The summed E-state index contributed by atoms with van der Waals surface area (Å²) in [7, 11) is 0. The number of piperidine rings is 2. The topological polar surface area (TPSA) is 41.6 Å². The molecule has 1 aromatic rings. The van der Waals surface area contributed by atoms with Crippen LogP contribution < -0.4 is 5.32 Å². The van der Waals surface area contributed by atoms with Crippen LogP contribution in [0.25, 0.3) is 0 Å². The van der Waals surface area contributed by atoms with Gasteiger partial charge in [0.25, 0.3) is 5.92 Å². The van der Waals surface area contributed by atoms with Crippen LogP contribution in [0, 0.1) is 5.41 Å². The van der Waals surface area contributed by atoms with Gasteiger partial charge in [-0.15, -0.1) is 0 Å². The summed E-state index contributed by atoms with van der Waals surface area (Å²) in [4.78, 5) is 13.2. The number of nitrogens with zero attached hydrogens (tertiary/aromatic N) is 1. The van der Waals surface area contributed by atoms with Crippen LogP contribution in [0.2, 0.25) is 0 Å². The number of carbonyl (C=O) groups is 1. The molecule has 2 saturated heterocycles. The van der Waals surface area contributed by atoms with E-state index >= 15 is 0 Å². The molecular formula is C17H22F2N2O2. The van der Waals surface area contributed by atoms with E-state index in [1.54, 1.807) is 0 Å². The van der Waals surface area contributed by atoms with Crippen molar-refractivity contribution in [3.63, 3.8) is 0 Å². The zero-order valence-electron chi connectivity index (χ0n) is 13.1. The maximum atomic E-state index is 14.6. The van der Waals surface area contributed by atoms with Crippen LogP contribution in [0.4, 0.5) is 13.6 Å². The number of nitrogens with one attached hydrogen (secondary N) is 1. The Morgan fingerprint density at radius 1 is 1.17 bits per heavy atom. The molecule has 1 spiro atoms. The van der Waals surface area contributed by atoms with Crippen LogP contribution in [0.15, 0.2) is 30.3 Å². The number of alkyl halides is 2. The van der Waals surface area contributed by atoms with Crippen LogP contribution in [-0.4, -0.2) is 43.1 Å². The number of amides is 1. The van der Waals surface area contributed by atoms with Crippen molar-refractivity contribution in [1.29, 1.82) is 0 Å². The summed E-state index contributed by atoms with van der Waals surface area (Å²) in [6, 6.07) is 9.23. The minimum absolute atomic E-state index is 0.108. The fourth-order valence-electron chi connectivity index (χ4n) is 3.51. The van der Waals surface area contributed by atoms with E-state index in [0.717, 1.165) is 10.5 Å². The number of halogens is 2. The molecule has 0 atom stereocenters. The number of hydrogen-bond acceptors (Lipinski definition) is 3. The molecular weight excluding hydrogens is 302 g/mol. The summed E-state index contributed by atoms with van der Waals surface area (Å²) in [6.07, 6.45) is 0.611. The lowest BCUT2D eigenvalue weighted by molar-refractivity contribution is -0.174. The normalized spacial score (nSPS) is 22.8. The molecule has 4 nitrogen and oxygen atoms in total. The Labute approximate surface area is 134 Å². The van der Waals surface area contributed by atoms with Gasteiger partial charge in [0.1, 0.15) is 6.61 Å². The lowest BCUT2D eigenvalue weighted by Gasteiger charge is -2.49. The Morgan fingerprint density at radius 2 is 1.87 bits per heavy atom. The van der Waals surface area contributed by atoms with Gasteiger partial charge in [-0.3, -0.25) is 0 Å². The highest BCUT2D eigenvalue weighted by atomic mass is 19.3. The summed E-state index contributed by atoms with van der Waals surface area (Å²) in [5, 5.41) is 3.13. The van der Waals surface area contributed by atoms with E-state index in [1.807, 2.05) is 30.3 Å². The molecule has 0 saturated carbocycles. The smallest absolute Gasteiger partial charge is 0.410 e. The highest BCUT2D eigenvalue weighted by Gasteiger charge is 2.57. The number of hydrogen-bond donors (Lipinski definition) is 1. The van der Waals surface area contributed by atoms with Crippen molar-refractivity contribution in [1.82, 2.24) is 10.2 Å². The van der Waals surface area contributed by atoms with Crippen molar-refractivity contribution in [2.75, 3.05) is 26.2 Å². The Morgan fingerprint density at radius 3 is 2.52 bits per heavy atom. The molecule has 0 aliphatic carbocycles. The first-order valence-electron chi connectivity index (χ1n) is 8.07. The summed E-state index contributed by atoms with van der Waals surface area (Å²) >= 11 is 0. The first-order valence-corrected chi connectivity index (χ1v) is 8.07. The van der Waals surface area contributed by atoms with Crippen LogP contribution in [0.1, 0.15) is 24.8 Å². The van der Waals surface area contributed by atoms with Gasteiger partial charge < -0.3 is 15.0 Å². The van der Waals surface area contributed by atoms with E-state index in [0.29, 0.717) is 38.9 Å². The van der Waals surface area contributed by atoms with Gasteiger partial charge in [0.05, 0.1) is 6.54 Å². The first-order chi connectivity index (χ1) is 11.0. The Hall–Kier alpha value is -1.69. The molecule has 2 aliphatic rings. The Balaban J connectivity index is 1.59. The van der Waals surface area contributed by atoms with E-state index in [2.05, 4.69) is 5.32 Å². The van der Waals surface area contributed by atoms with Gasteiger partial charge in [0.2, 0.25) is 0 Å². The SMILES string of the molecule is O=C(OCc1ccccc1)N1CCC2(CCNCC2)C(F)(F)C1. The summed E-state index contributed by atoms with van der Waals surface area (Å²) in [5.74, 6) is -2.86. The van der Waals surface area contributed by atoms with Crippen molar-refractivity contribution in [2.45, 2.75) is 31.8 Å². The van der Waals surface area contributed by atoms with Crippen molar-refractivity contribution >= 4 is 6.09 Å². The van der Waals surface area contributed by atoms with Gasteiger partial charge in [0, 0.05) is 12.0 Å². The largest absolute Gasteiger partial charge is 0.445 e. The number of ether oxygens (including phenoxy) is 1. The minimum Gasteiger partial charge on any atom is -0.445 e. The van der Waals surface area contributed by atoms with Gasteiger partial charge in [-0.25, -0.2) is 13.6 Å². The molecule has 2 heterocycles. The van der Waals surface area contributed by atoms with E-state index in [1.165, 1.54) is 0 Å².